The second kappa shape index (κ2) is 9.31. The fourth-order valence-corrected chi connectivity index (χ4v) is 4.38. The van der Waals surface area contributed by atoms with E-state index in [0.29, 0.717) is 11.8 Å². The summed E-state index contributed by atoms with van der Waals surface area (Å²) in [5, 5.41) is 6.70. The minimum Gasteiger partial charge on any atom is -0.354 e. The van der Waals surface area contributed by atoms with Crippen LogP contribution in [0.25, 0.3) is 0 Å². The van der Waals surface area contributed by atoms with Crippen molar-refractivity contribution < 1.29 is 4.79 Å². The van der Waals surface area contributed by atoms with Crippen molar-refractivity contribution in [3.63, 3.8) is 0 Å². The summed E-state index contributed by atoms with van der Waals surface area (Å²) in [4.78, 5) is 15.2. The molecule has 6 heteroatoms. The highest BCUT2D eigenvalue weighted by Crippen LogP contribution is 2.43. The largest absolute Gasteiger partial charge is 0.354 e. The van der Waals surface area contributed by atoms with Crippen LogP contribution in [0, 0.1) is 11.3 Å². The first-order chi connectivity index (χ1) is 9.81. The van der Waals surface area contributed by atoms with Crippen molar-refractivity contribution in [1.82, 2.24) is 15.5 Å². The Hall–Kier alpha value is -0.0300. The average molecular weight is 352 g/mol. The molecule has 1 amide bonds. The number of carbonyl (C=O) groups is 1. The Balaban J connectivity index is 0.00000121. The molecule has 3 rings (SSSR count). The highest BCUT2D eigenvalue weighted by molar-refractivity contribution is 5.85. The first kappa shape index (κ1) is 20.0. The van der Waals surface area contributed by atoms with E-state index in [1.807, 2.05) is 0 Å². The molecular weight excluding hydrogens is 321 g/mol. The molecule has 130 valence electrons. The number of carbonyl (C=O) groups excluding carboxylic acids is 1. The van der Waals surface area contributed by atoms with Gasteiger partial charge < -0.3 is 15.5 Å². The molecule has 3 aliphatic rings. The zero-order chi connectivity index (χ0) is 13.8. The van der Waals surface area contributed by atoms with E-state index in [0.717, 1.165) is 32.6 Å². The van der Waals surface area contributed by atoms with E-state index in [4.69, 9.17) is 0 Å². The molecule has 0 unspecified atom stereocenters. The molecule has 0 aromatic heterocycles. The Morgan fingerprint density at radius 1 is 1.14 bits per heavy atom. The summed E-state index contributed by atoms with van der Waals surface area (Å²) in [6.07, 6.45) is 8.85. The summed E-state index contributed by atoms with van der Waals surface area (Å²) in [6, 6.07) is 0. The molecule has 0 bridgehead atoms. The molecule has 0 spiro atoms. The monoisotopic (exact) mass is 351 g/mol. The predicted octanol–water partition coefficient (Wildman–Crippen LogP) is 2.21. The molecular formula is C16H31Cl2N3O. The van der Waals surface area contributed by atoms with Crippen molar-refractivity contribution in [3.05, 3.63) is 0 Å². The topological polar surface area (TPSA) is 44.4 Å². The molecule has 2 saturated heterocycles. The van der Waals surface area contributed by atoms with Gasteiger partial charge in [-0.3, -0.25) is 4.79 Å². The Morgan fingerprint density at radius 2 is 1.91 bits per heavy atom. The molecule has 1 aliphatic carbocycles. The summed E-state index contributed by atoms with van der Waals surface area (Å²) in [6.45, 7) is 6.22. The third-order valence-electron chi connectivity index (χ3n) is 5.65. The van der Waals surface area contributed by atoms with Gasteiger partial charge in [0.2, 0.25) is 5.91 Å². The second-order valence-corrected chi connectivity index (χ2v) is 6.89. The minimum absolute atomic E-state index is 0. The van der Waals surface area contributed by atoms with Crippen molar-refractivity contribution in [3.8, 4) is 0 Å². The Morgan fingerprint density at radius 3 is 2.68 bits per heavy atom. The van der Waals surface area contributed by atoms with Gasteiger partial charge >= 0.3 is 0 Å². The average Bonchev–Trinajstić information content (AvgIpc) is 2.93. The third kappa shape index (κ3) is 4.28. The van der Waals surface area contributed by atoms with Gasteiger partial charge in [-0.2, -0.15) is 0 Å². The number of amides is 1. The van der Waals surface area contributed by atoms with E-state index in [-0.39, 0.29) is 30.2 Å². The van der Waals surface area contributed by atoms with Gasteiger partial charge in [0, 0.05) is 19.6 Å². The van der Waals surface area contributed by atoms with Crippen LogP contribution in [0.1, 0.15) is 44.9 Å². The maximum atomic E-state index is 12.7. The molecule has 2 heterocycles. The zero-order valence-corrected chi connectivity index (χ0v) is 15.1. The lowest BCUT2D eigenvalue weighted by molar-refractivity contribution is -0.134. The first-order valence-corrected chi connectivity index (χ1v) is 8.53. The van der Waals surface area contributed by atoms with Gasteiger partial charge in [-0.1, -0.05) is 19.3 Å². The number of piperidine rings is 1. The molecule has 0 aromatic rings. The molecule has 2 aliphatic heterocycles. The van der Waals surface area contributed by atoms with E-state index in [1.165, 1.54) is 51.6 Å². The van der Waals surface area contributed by atoms with E-state index in [1.54, 1.807) is 0 Å². The van der Waals surface area contributed by atoms with E-state index < -0.39 is 0 Å². The molecule has 4 nitrogen and oxygen atoms in total. The minimum atomic E-state index is -0.0832. The first-order valence-electron chi connectivity index (χ1n) is 8.53. The van der Waals surface area contributed by atoms with Crippen molar-refractivity contribution in [2.45, 2.75) is 44.9 Å². The van der Waals surface area contributed by atoms with Gasteiger partial charge in [0.15, 0.2) is 0 Å². The normalized spacial score (nSPS) is 31.5. The summed E-state index contributed by atoms with van der Waals surface area (Å²) < 4.78 is 0. The van der Waals surface area contributed by atoms with Crippen LogP contribution < -0.4 is 10.6 Å². The van der Waals surface area contributed by atoms with Gasteiger partial charge in [0.1, 0.15) is 0 Å². The number of hydrogen-bond donors (Lipinski definition) is 2. The zero-order valence-electron chi connectivity index (χ0n) is 13.4. The molecule has 0 radical (unpaired) electrons. The fraction of sp³-hybridized carbons (Fsp3) is 0.938. The number of halogens is 2. The molecule has 2 atom stereocenters. The number of fused-ring (bicyclic) bond motifs is 1. The summed E-state index contributed by atoms with van der Waals surface area (Å²) in [5.74, 6) is 0.899. The standard InChI is InChI=1S/C16H29N3O.2ClH/c20-15(18-8-11-19-9-4-1-5-10-19)16-7-3-2-6-14(16)12-17-13-16;;/h14,17H,1-13H2,(H,18,20);2*1H/t14-,16+;;/m0../s1. The molecule has 0 aromatic carbocycles. The summed E-state index contributed by atoms with van der Waals surface area (Å²) >= 11 is 0. The maximum absolute atomic E-state index is 12.7. The van der Waals surface area contributed by atoms with Gasteiger partial charge in [0.05, 0.1) is 5.41 Å². The van der Waals surface area contributed by atoms with Crippen LogP contribution in [0.3, 0.4) is 0 Å². The van der Waals surface area contributed by atoms with Crippen LogP contribution in [0.4, 0.5) is 0 Å². The van der Waals surface area contributed by atoms with Crippen molar-refractivity contribution in [2.75, 3.05) is 39.3 Å². The number of hydrogen-bond acceptors (Lipinski definition) is 3. The lowest BCUT2D eigenvalue weighted by Crippen LogP contribution is -2.49. The smallest absolute Gasteiger partial charge is 0.227 e. The number of nitrogens with zero attached hydrogens (tertiary/aromatic N) is 1. The SMILES string of the molecule is Cl.Cl.O=C(NCCN1CCCCC1)[C@@]12CCCC[C@H]1CNC2. The van der Waals surface area contributed by atoms with Crippen LogP contribution in [-0.4, -0.2) is 50.1 Å². The summed E-state index contributed by atoms with van der Waals surface area (Å²) in [5.41, 5.74) is -0.0832. The van der Waals surface area contributed by atoms with Crippen LogP contribution in [0.15, 0.2) is 0 Å². The summed E-state index contributed by atoms with van der Waals surface area (Å²) in [7, 11) is 0. The van der Waals surface area contributed by atoms with Crippen molar-refractivity contribution >= 4 is 30.7 Å². The molecule has 3 fully saturated rings. The van der Waals surface area contributed by atoms with Crippen molar-refractivity contribution in [2.24, 2.45) is 11.3 Å². The highest BCUT2D eigenvalue weighted by atomic mass is 35.5. The molecule has 22 heavy (non-hydrogen) atoms. The lowest BCUT2D eigenvalue weighted by Gasteiger charge is -2.37. The number of rotatable bonds is 4. The van der Waals surface area contributed by atoms with Crippen LogP contribution in [0.2, 0.25) is 0 Å². The third-order valence-corrected chi connectivity index (χ3v) is 5.65. The van der Waals surface area contributed by atoms with Crippen LogP contribution in [-0.2, 0) is 4.79 Å². The number of nitrogens with one attached hydrogen (secondary N) is 2. The highest BCUT2D eigenvalue weighted by Gasteiger charge is 2.49. The van der Waals surface area contributed by atoms with E-state index >= 15 is 0 Å². The quantitative estimate of drug-likeness (QED) is 0.815. The van der Waals surface area contributed by atoms with Crippen LogP contribution in [0.5, 0.6) is 0 Å². The Bertz CT molecular complexity index is 350. The van der Waals surface area contributed by atoms with E-state index in [2.05, 4.69) is 15.5 Å². The molecule has 2 N–H and O–H groups in total. The van der Waals surface area contributed by atoms with Crippen molar-refractivity contribution in [1.29, 1.82) is 0 Å². The fourth-order valence-electron chi connectivity index (χ4n) is 4.38. The Labute approximate surface area is 147 Å². The predicted molar refractivity (Wildman–Crippen MR) is 95.1 cm³/mol. The molecule has 1 saturated carbocycles. The van der Waals surface area contributed by atoms with Crippen LogP contribution >= 0.6 is 24.8 Å². The second-order valence-electron chi connectivity index (χ2n) is 6.89. The van der Waals surface area contributed by atoms with Gasteiger partial charge in [-0.15, -0.1) is 24.8 Å². The maximum Gasteiger partial charge on any atom is 0.227 e. The van der Waals surface area contributed by atoms with Gasteiger partial charge in [-0.25, -0.2) is 0 Å². The Kier molecular flexibility index (Phi) is 8.47. The van der Waals surface area contributed by atoms with Gasteiger partial charge in [0.25, 0.3) is 0 Å². The number of likely N-dealkylation sites (tertiary alicyclic amines) is 1. The van der Waals surface area contributed by atoms with Gasteiger partial charge in [-0.05, 0) is 51.2 Å². The van der Waals surface area contributed by atoms with E-state index in [9.17, 15) is 4.79 Å². The lowest BCUT2D eigenvalue weighted by atomic mass is 9.67.